The Morgan fingerprint density at radius 1 is 1.13 bits per heavy atom. The SMILES string of the molecule is Cl.O=C(NCC1CNCCOC1)NC12CC3CC(CC(C3)C1)C2. The minimum atomic E-state index is 0. The van der Waals surface area contributed by atoms with Crippen molar-refractivity contribution in [3.05, 3.63) is 0 Å². The lowest BCUT2D eigenvalue weighted by Gasteiger charge is -2.56. The third kappa shape index (κ3) is 3.94. The number of nitrogens with one attached hydrogen (secondary N) is 3. The largest absolute Gasteiger partial charge is 0.380 e. The van der Waals surface area contributed by atoms with Gasteiger partial charge in [0.05, 0.1) is 13.2 Å². The summed E-state index contributed by atoms with van der Waals surface area (Å²) in [6.07, 6.45) is 7.86. The molecule has 3 N–H and O–H groups in total. The van der Waals surface area contributed by atoms with Crippen molar-refractivity contribution in [3.63, 3.8) is 0 Å². The van der Waals surface area contributed by atoms with Crippen molar-refractivity contribution in [1.82, 2.24) is 16.0 Å². The van der Waals surface area contributed by atoms with Crippen LogP contribution in [0.4, 0.5) is 4.79 Å². The fourth-order valence-electron chi connectivity index (χ4n) is 5.68. The second-order valence-electron chi connectivity index (χ2n) is 8.18. The summed E-state index contributed by atoms with van der Waals surface area (Å²) in [6.45, 7) is 4.05. The molecule has 5 rings (SSSR count). The summed E-state index contributed by atoms with van der Waals surface area (Å²) in [4.78, 5) is 12.4. The summed E-state index contributed by atoms with van der Waals surface area (Å²) in [7, 11) is 0. The van der Waals surface area contributed by atoms with Gasteiger partial charge < -0.3 is 20.7 Å². The van der Waals surface area contributed by atoms with E-state index in [1.165, 1.54) is 38.5 Å². The van der Waals surface area contributed by atoms with Crippen LogP contribution in [0.1, 0.15) is 38.5 Å². The minimum absolute atomic E-state index is 0. The highest BCUT2D eigenvalue weighted by Gasteiger charge is 2.51. The maximum Gasteiger partial charge on any atom is 0.315 e. The Labute approximate surface area is 145 Å². The Kier molecular flexibility index (Phi) is 5.39. The van der Waals surface area contributed by atoms with E-state index in [0.717, 1.165) is 44.1 Å². The Hall–Kier alpha value is -0.520. The average molecular weight is 344 g/mol. The average Bonchev–Trinajstić information content (AvgIpc) is 2.71. The van der Waals surface area contributed by atoms with Crippen LogP contribution >= 0.6 is 12.4 Å². The van der Waals surface area contributed by atoms with Gasteiger partial charge in [0.15, 0.2) is 0 Å². The molecule has 1 unspecified atom stereocenters. The second kappa shape index (κ2) is 7.16. The van der Waals surface area contributed by atoms with Gasteiger partial charge in [-0.3, -0.25) is 0 Å². The zero-order valence-electron chi connectivity index (χ0n) is 13.8. The van der Waals surface area contributed by atoms with Gasteiger partial charge in [-0.2, -0.15) is 0 Å². The van der Waals surface area contributed by atoms with E-state index in [2.05, 4.69) is 16.0 Å². The fraction of sp³-hybridized carbons (Fsp3) is 0.941. The van der Waals surface area contributed by atoms with Crippen LogP contribution < -0.4 is 16.0 Å². The molecule has 0 spiro atoms. The lowest BCUT2D eigenvalue weighted by molar-refractivity contribution is -0.0135. The monoisotopic (exact) mass is 343 g/mol. The molecular weight excluding hydrogens is 314 g/mol. The Bertz CT molecular complexity index is 389. The quantitative estimate of drug-likeness (QED) is 0.733. The molecule has 6 heteroatoms. The molecule has 0 aromatic carbocycles. The van der Waals surface area contributed by atoms with Crippen molar-refractivity contribution in [2.75, 3.05) is 32.8 Å². The van der Waals surface area contributed by atoms with E-state index in [1.807, 2.05) is 0 Å². The zero-order chi connectivity index (χ0) is 15.0. The normalized spacial score (nSPS) is 41.7. The van der Waals surface area contributed by atoms with Crippen LogP contribution in [0, 0.1) is 23.7 Å². The molecule has 5 aliphatic rings. The summed E-state index contributed by atoms with van der Waals surface area (Å²) in [5, 5.41) is 9.80. The van der Waals surface area contributed by atoms with Gasteiger partial charge in [-0.15, -0.1) is 12.4 Å². The molecule has 132 valence electrons. The van der Waals surface area contributed by atoms with E-state index in [1.54, 1.807) is 0 Å². The van der Waals surface area contributed by atoms with Gasteiger partial charge in [0, 0.05) is 31.1 Å². The molecule has 1 aliphatic heterocycles. The molecule has 1 saturated heterocycles. The minimum Gasteiger partial charge on any atom is -0.380 e. The summed E-state index contributed by atoms with van der Waals surface area (Å²) < 4.78 is 5.54. The van der Waals surface area contributed by atoms with E-state index < -0.39 is 0 Å². The Morgan fingerprint density at radius 2 is 1.78 bits per heavy atom. The summed E-state index contributed by atoms with van der Waals surface area (Å²) in [6, 6.07) is 0.0335. The third-order valence-corrected chi connectivity index (χ3v) is 6.18. The number of carbonyl (C=O) groups is 1. The predicted octanol–water partition coefficient (Wildman–Crippen LogP) is 1.91. The van der Waals surface area contributed by atoms with E-state index in [-0.39, 0.29) is 24.0 Å². The molecule has 4 saturated carbocycles. The molecular formula is C17H30ClN3O2. The van der Waals surface area contributed by atoms with Crippen molar-refractivity contribution in [1.29, 1.82) is 0 Å². The molecule has 0 radical (unpaired) electrons. The van der Waals surface area contributed by atoms with Crippen molar-refractivity contribution >= 4 is 18.4 Å². The first-order valence-electron chi connectivity index (χ1n) is 9.05. The van der Waals surface area contributed by atoms with Gasteiger partial charge in [0.1, 0.15) is 0 Å². The highest BCUT2D eigenvalue weighted by atomic mass is 35.5. The molecule has 0 aromatic heterocycles. The molecule has 1 heterocycles. The molecule has 4 bridgehead atoms. The van der Waals surface area contributed by atoms with E-state index in [0.29, 0.717) is 12.5 Å². The first kappa shape index (κ1) is 17.3. The van der Waals surface area contributed by atoms with Gasteiger partial charge in [-0.1, -0.05) is 0 Å². The van der Waals surface area contributed by atoms with Gasteiger partial charge in [-0.25, -0.2) is 4.79 Å². The van der Waals surface area contributed by atoms with Crippen LogP contribution in [0.3, 0.4) is 0 Å². The lowest BCUT2D eigenvalue weighted by Crippen LogP contribution is -2.61. The summed E-state index contributed by atoms with van der Waals surface area (Å²) in [5.74, 6) is 2.98. The fourth-order valence-corrected chi connectivity index (χ4v) is 5.68. The van der Waals surface area contributed by atoms with Gasteiger partial charge >= 0.3 is 6.03 Å². The predicted molar refractivity (Wildman–Crippen MR) is 91.9 cm³/mol. The number of hydrogen-bond acceptors (Lipinski definition) is 3. The number of halogens is 1. The number of amides is 2. The second-order valence-corrected chi connectivity index (χ2v) is 8.18. The van der Waals surface area contributed by atoms with Gasteiger partial charge in [0.2, 0.25) is 0 Å². The molecule has 23 heavy (non-hydrogen) atoms. The standard InChI is InChI=1S/C17H29N3O2.ClH/c21-16(19-10-15-9-18-1-2-22-11-15)20-17-6-12-3-13(7-17)5-14(4-12)8-17;/h12-15,18H,1-11H2,(H2,19,20,21);1H. The van der Waals surface area contributed by atoms with Gasteiger partial charge in [0.25, 0.3) is 0 Å². The molecule has 1 atom stereocenters. The number of urea groups is 1. The lowest BCUT2D eigenvalue weighted by atomic mass is 9.53. The number of hydrogen-bond donors (Lipinski definition) is 3. The van der Waals surface area contributed by atoms with E-state index >= 15 is 0 Å². The molecule has 0 aromatic rings. The van der Waals surface area contributed by atoms with Crippen molar-refractivity contribution in [2.24, 2.45) is 23.7 Å². The Morgan fingerprint density at radius 3 is 2.43 bits per heavy atom. The highest BCUT2D eigenvalue weighted by molar-refractivity contribution is 5.85. The van der Waals surface area contributed by atoms with Crippen LogP contribution in [0.2, 0.25) is 0 Å². The number of rotatable bonds is 3. The van der Waals surface area contributed by atoms with Crippen LogP contribution in [0.25, 0.3) is 0 Å². The first-order valence-corrected chi connectivity index (χ1v) is 9.05. The molecule has 5 nitrogen and oxygen atoms in total. The van der Waals surface area contributed by atoms with Crippen LogP contribution in [-0.4, -0.2) is 44.4 Å². The van der Waals surface area contributed by atoms with Crippen molar-refractivity contribution in [3.8, 4) is 0 Å². The maximum atomic E-state index is 12.4. The molecule has 4 aliphatic carbocycles. The van der Waals surface area contributed by atoms with Crippen LogP contribution in [0.5, 0.6) is 0 Å². The van der Waals surface area contributed by atoms with E-state index in [9.17, 15) is 4.79 Å². The van der Waals surface area contributed by atoms with Gasteiger partial charge in [-0.05, 0) is 56.3 Å². The maximum absolute atomic E-state index is 12.4. The van der Waals surface area contributed by atoms with Crippen LogP contribution in [-0.2, 0) is 4.74 Å². The first-order chi connectivity index (χ1) is 10.7. The molecule has 5 fully saturated rings. The van der Waals surface area contributed by atoms with Crippen molar-refractivity contribution in [2.45, 2.75) is 44.1 Å². The number of carbonyl (C=O) groups excluding carboxylic acids is 1. The smallest absolute Gasteiger partial charge is 0.315 e. The van der Waals surface area contributed by atoms with Crippen LogP contribution in [0.15, 0.2) is 0 Å². The van der Waals surface area contributed by atoms with E-state index in [4.69, 9.17) is 4.74 Å². The topological polar surface area (TPSA) is 62.4 Å². The third-order valence-electron chi connectivity index (χ3n) is 6.18. The zero-order valence-corrected chi connectivity index (χ0v) is 14.6. The Balaban J connectivity index is 0.00000156. The summed E-state index contributed by atoms with van der Waals surface area (Å²) in [5.41, 5.74) is 0.108. The van der Waals surface area contributed by atoms with Crippen molar-refractivity contribution < 1.29 is 9.53 Å². The number of ether oxygens (including phenoxy) is 1. The summed E-state index contributed by atoms with van der Waals surface area (Å²) >= 11 is 0. The highest BCUT2D eigenvalue weighted by Crippen LogP contribution is 2.55. The molecule has 2 amide bonds.